The van der Waals surface area contributed by atoms with Crippen LogP contribution in [0.15, 0.2) is 18.3 Å². The van der Waals surface area contributed by atoms with Crippen LogP contribution in [-0.4, -0.2) is 39.1 Å². The lowest BCUT2D eigenvalue weighted by atomic mass is 10.3. The zero-order chi connectivity index (χ0) is 17.3. The third-order valence-electron chi connectivity index (χ3n) is 3.76. The van der Waals surface area contributed by atoms with E-state index in [1.165, 1.54) is 6.92 Å². The summed E-state index contributed by atoms with van der Waals surface area (Å²) in [6, 6.07) is 2.85. The summed E-state index contributed by atoms with van der Waals surface area (Å²) in [5.74, 6) is 0.930. The highest BCUT2D eigenvalue weighted by Gasteiger charge is 2.34. The Morgan fingerprint density at radius 3 is 2.71 bits per heavy atom. The molecule has 3 heterocycles. The molecule has 0 aliphatic carbocycles. The van der Waals surface area contributed by atoms with Crippen molar-refractivity contribution in [1.82, 2.24) is 19.9 Å². The maximum Gasteiger partial charge on any atom is 0.433 e. The molecule has 3 rings (SSSR count). The first-order chi connectivity index (χ1) is 11.3. The van der Waals surface area contributed by atoms with E-state index in [2.05, 4.69) is 25.3 Å². The minimum atomic E-state index is -4.48. The van der Waals surface area contributed by atoms with Crippen molar-refractivity contribution in [3.05, 3.63) is 35.5 Å². The van der Waals surface area contributed by atoms with Crippen molar-refractivity contribution in [2.75, 3.05) is 23.3 Å². The van der Waals surface area contributed by atoms with Crippen LogP contribution in [0, 0.1) is 13.8 Å². The number of alkyl halides is 3. The second-order valence-corrected chi connectivity index (χ2v) is 5.75. The van der Waals surface area contributed by atoms with Crippen molar-refractivity contribution in [2.24, 2.45) is 0 Å². The molecule has 24 heavy (non-hydrogen) atoms. The van der Waals surface area contributed by atoms with Gasteiger partial charge in [-0.15, -0.1) is 0 Å². The molecule has 1 unspecified atom stereocenters. The van der Waals surface area contributed by atoms with Crippen LogP contribution in [0.25, 0.3) is 0 Å². The van der Waals surface area contributed by atoms with Gasteiger partial charge in [-0.25, -0.2) is 19.9 Å². The van der Waals surface area contributed by atoms with Crippen LogP contribution in [0.4, 0.5) is 24.9 Å². The normalized spacial score (nSPS) is 18.0. The largest absolute Gasteiger partial charge is 0.433 e. The predicted molar refractivity (Wildman–Crippen MR) is 82.8 cm³/mol. The summed E-state index contributed by atoms with van der Waals surface area (Å²) in [5, 5.41) is 3.21. The van der Waals surface area contributed by atoms with Gasteiger partial charge in [0.25, 0.3) is 0 Å². The van der Waals surface area contributed by atoms with Crippen LogP contribution < -0.4 is 10.2 Å². The van der Waals surface area contributed by atoms with E-state index in [1.54, 1.807) is 12.3 Å². The molecule has 1 fully saturated rings. The maximum absolute atomic E-state index is 12.9. The van der Waals surface area contributed by atoms with Gasteiger partial charge >= 0.3 is 6.18 Å². The van der Waals surface area contributed by atoms with Crippen LogP contribution in [0.5, 0.6) is 0 Å². The molecule has 1 N–H and O–H groups in total. The van der Waals surface area contributed by atoms with E-state index >= 15 is 0 Å². The summed E-state index contributed by atoms with van der Waals surface area (Å²) in [7, 11) is 0. The van der Waals surface area contributed by atoms with Gasteiger partial charge in [0.05, 0.1) is 0 Å². The fraction of sp³-hybridized carbons (Fsp3) is 0.467. The fourth-order valence-electron chi connectivity index (χ4n) is 2.65. The average molecular weight is 338 g/mol. The van der Waals surface area contributed by atoms with Gasteiger partial charge < -0.3 is 10.2 Å². The Hall–Kier alpha value is -2.45. The number of hydrogen-bond acceptors (Lipinski definition) is 6. The van der Waals surface area contributed by atoms with E-state index in [-0.39, 0.29) is 11.9 Å². The standard InChI is InChI=1S/C15H17F3N6/c1-9-3-5-19-14(20-9)23-11-4-6-24(8-11)13-7-12(15(16,17)18)21-10(2)22-13/h3,5,7,11H,4,6,8H2,1-2H3,(H,19,20,23). The first kappa shape index (κ1) is 16.4. The van der Waals surface area contributed by atoms with E-state index in [0.29, 0.717) is 24.9 Å². The molecule has 2 aromatic heterocycles. The second kappa shape index (κ2) is 6.21. The number of aromatic nitrogens is 4. The van der Waals surface area contributed by atoms with E-state index in [0.717, 1.165) is 18.2 Å². The molecule has 0 bridgehead atoms. The summed E-state index contributed by atoms with van der Waals surface area (Å²) in [6.45, 7) is 4.48. The Kier molecular flexibility index (Phi) is 4.25. The predicted octanol–water partition coefficient (Wildman–Crippen LogP) is 2.59. The number of halogens is 3. The molecule has 0 saturated carbocycles. The molecule has 0 aromatic carbocycles. The number of nitrogens with zero attached hydrogens (tertiary/aromatic N) is 5. The second-order valence-electron chi connectivity index (χ2n) is 5.75. The molecular formula is C15H17F3N6. The lowest BCUT2D eigenvalue weighted by molar-refractivity contribution is -0.141. The zero-order valence-electron chi connectivity index (χ0n) is 13.3. The molecule has 0 spiro atoms. The Bertz CT molecular complexity index is 733. The van der Waals surface area contributed by atoms with Crippen molar-refractivity contribution < 1.29 is 13.2 Å². The van der Waals surface area contributed by atoms with E-state index in [1.807, 2.05) is 11.8 Å². The van der Waals surface area contributed by atoms with E-state index in [4.69, 9.17) is 0 Å². The highest BCUT2D eigenvalue weighted by Crippen LogP contribution is 2.30. The lowest BCUT2D eigenvalue weighted by Crippen LogP contribution is -2.28. The minimum Gasteiger partial charge on any atom is -0.354 e. The van der Waals surface area contributed by atoms with Gasteiger partial charge in [-0.05, 0) is 26.3 Å². The van der Waals surface area contributed by atoms with Crippen molar-refractivity contribution in [2.45, 2.75) is 32.5 Å². The van der Waals surface area contributed by atoms with Gasteiger partial charge in [0.15, 0.2) is 0 Å². The molecule has 0 amide bonds. The van der Waals surface area contributed by atoms with E-state index in [9.17, 15) is 13.2 Å². The summed E-state index contributed by atoms with van der Waals surface area (Å²) in [6.07, 6.45) is -2.04. The Labute approximate surface area is 137 Å². The van der Waals surface area contributed by atoms with Crippen LogP contribution in [0.2, 0.25) is 0 Å². The van der Waals surface area contributed by atoms with Crippen LogP contribution in [0.1, 0.15) is 23.6 Å². The molecule has 9 heteroatoms. The van der Waals surface area contributed by atoms with Crippen LogP contribution >= 0.6 is 0 Å². The van der Waals surface area contributed by atoms with Crippen molar-refractivity contribution >= 4 is 11.8 Å². The Balaban J connectivity index is 1.73. The van der Waals surface area contributed by atoms with Crippen LogP contribution in [-0.2, 0) is 6.18 Å². The molecule has 6 nitrogen and oxygen atoms in total. The first-order valence-electron chi connectivity index (χ1n) is 7.55. The number of aryl methyl sites for hydroxylation is 2. The maximum atomic E-state index is 12.9. The highest BCUT2D eigenvalue weighted by atomic mass is 19.4. The fourth-order valence-corrected chi connectivity index (χ4v) is 2.65. The monoisotopic (exact) mass is 338 g/mol. The van der Waals surface area contributed by atoms with Crippen molar-refractivity contribution in [3.8, 4) is 0 Å². The average Bonchev–Trinajstić information content (AvgIpc) is 2.94. The number of anilines is 2. The van der Waals surface area contributed by atoms with E-state index < -0.39 is 11.9 Å². The third kappa shape index (κ3) is 3.72. The smallest absolute Gasteiger partial charge is 0.354 e. The van der Waals surface area contributed by atoms with Gasteiger partial charge in [0, 0.05) is 37.1 Å². The topological polar surface area (TPSA) is 66.8 Å². The summed E-state index contributed by atoms with van der Waals surface area (Å²) in [5.41, 5.74) is -0.0629. The first-order valence-corrected chi connectivity index (χ1v) is 7.55. The quantitative estimate of drug-likeness (QED) is 0.928. The summed E-state index contributed by atoms with van der Waals surface area (Å²) >= 11 is 0. The number of hydrogen-bond donors (Lipinski definition) is 1. The molecular weight excluding hydrogens is 321 g/mol. The number of rotatable bonds is 3. The van der Waals surface area contributed by atoms with Gasteiger partial charge in [0.1, 0.15) is 17.3 Å². The lowest BCUT2D eigenvalue weighted by Gasteiger charge is -2.19. The molecule has 128 valence electrons. The zero-order valence-corrected chi connectivity index (χ0v) is 13.3. The minimum absolute atomic E-state index is 0.0522. The Morgan fingerprint density at radius 2 is 2.00 bits per heavy atom. The molecule has 1 atom stereocenters. The SMILES string of the molecule is Cc1ccnc(NC2CCN(c3cc(C(F)(F)F)nc(C)n3)C2)n1. The van der Waals surface area contributed by atoms with Crippen molar-refractivity contribution in [1.29, 1.82) is 0 Å². The van der Waals surface area contributed by atoms with Crippen molar-refractivity contribution in [3.63, 3.8) is 0 Å². The molecule has 2 aromatic rings. The van der Waals surface area contributed by atoms with Crippen LogP contribution in [0.3, 0.4) is 0 Å². The molecule has 1 aliphatic rings. The number of nitrogens with one attached hydrogen (secondary N) is 1. The van der Waals surface area contributed by atoms with Gasteiger partial charge in [0.2, 0.25) is 5.95 Å². The highest BCUT2D eigenvalue weighted by molar-refractivity contribution is 5.43. The van der Waals surface area contributed by atoms with Gasteiger partial charge in [-0.3, -0.25) is 0 Å². The molecule has 1 saturated heterocycles. The van der Waals surface area contributed by atoms with Gasteiger partial charge in [-0.2, -0.15) is 13.2 Å². The molecule has 0 radical (unpaired) electrons. The summed E-state index contributed by atoms with van der Waals surface area (Å²) in [4.78, 5) is 17.9. The Morgan fingerprint density at radius 1 is 1.21 bits per heavy atom. The third-order valence-corrected chi connectivity index (χ3v) is 3.76. The summed E-state index contributed by atoms with van der Waals surface area (Å²) < 4.78 is 38.7. The molecule has 1 aliphatic heterocycles. The van der Waals surface area contributed by atoms with Gasteiger partial charge in [-0.1, -0.05) is 0 Å².